The van der Waals surface area contributed by atoms with E-state index in [2.05, 4.69) is 6.58 Å². The van der Waals surface area contributed by atoms with Crippen LogP contribution in [0.25, 0.3) is 5.57 Å². The number of phenolic OH excluding ortho intramolecular Hbond substituents is 1. The molecule has 0 aliphatic rings. The zero-order chi connectivity index (χ0) is 19.8. The number of aromatic hydroxyl groups is 1. The number of alkyl halides is 1. The maximum Gasteiger partial charge on any atom is 0.144 e. The summed E-state index contributed by atoms with van der Waals surface area (Å²) in [6, 6.07) is 14.3. The van der Waals surface area contributed by atoms with Crippen molar-refractivity contribution in [1.82, 2.24) is 0 Å². The molecule has 0 aromatic heterocycles. The van der Waals surface area contributed by atoms with E-state index in [0.717, 1.165) is 11.1 Å². The van der Waals surface area contributed by atoms with Gasteiger partial charge in [0.1, 0.15) is 18.2 Å². The summed E-state index contributed by atoms with van der Waals surface area (Å²) in [5.74, 6) is -0.551. The van der Waals surface area contributed by atoms with Crippen LogP contribution in [-0.2, 0) is 11.2 Å². The quantitative estimate of drug-likeness (QED) is 0.398. The van der Waals surface area contributed by atoms with E-state index in [1.807, 2.05) is 30.3 Å². The lowest BCUT2D eigenvalue weighted by Crippen LogP contribution is -2.15. The summed E-state index contributed by atoms with van der Waals surface area (Å²) >= 11 is 0. The standard InChI is InChI=1S/C23H24FNO2/c1-16(19-6-4-3-5-7-19)8-10-20(12-13-24)17(2)23(27)15-18-9-11-22(26)21(25)14-18/h3-12,14,17,26H,1,13,15,25H2,2H3/b10-8-,20-12+/t17-/m1/s1. The molecule has 2 aromatic carbocycles. The van der Waals surface area contributed by atoms with Crippen molar-refractivity contribution >= 4 is 17.0 Å². The first kappa shape index (κ1) is 20.2. The Labute approximate surface area is 159 Å². The number of Topliss-reactive ketones (excluding diaryl/α,β-unsaturated/α-hetero) is 1. The molecule has 1 atom stereocenters. The van der Waals surface area contributed by atoms with Gasteiger partial charge in [-0.25, -0.2) is 4.39 Å². The number of allylic oxidation sites excluding steroid dienone is 5. The summed E-state index contributed by atoms with van der Waals surface area (Å²) in [7, 11) is 0. The average molecular weight is 365 g/mol. The molecular weight excluding hydrogens is 341 g/mol. The predicted molar refractivity (Wildman–Crippen MR) is 109 cm³/mol. The van der Waals surface area contributed by atoms with Gasteiger partial charge in [0.25, 0.3) is 0 Å². The fourth-order valence-corrected chi connectivity index (χ4v) is 2.68. The smallest absolute Gasteiger partial charge is 0.144 e. The van der Waals surface area contributed by atoms with Gasteiger partial charge in [-0.3, -0.25) is 4.79 Å². The molecule has 27 heavy (non-hydrogen) atoms. The van der Waals surface area contributed by atoms with Crippen molar-refractivity contribution in [3.8, 4) is 5.75 Å². The Morgan fingerprint density at radius 3 is 2.56 bits per heavy atom. The minimum atomic E-state index is -0.652. The molecule has 2 aromatic rings. The van der Waals surface area contributed by atoms with Crippen molar-refractivity contribution < 1.29 is 14.3 Å². The average Bonchev–Trinajstić information content (AvgIpc) is 2.67. The third-order valence-electron chi connectivity index (χ3n) is 4.39. The van der Waals surface area contributed by atoms with Gasteiger partial charge in [0.2, 0.25) is 0 Å². The molecule has 140 valence electrons. The topological polar surface area (TPSA) is 63.3 Å². The van der Waals surface area contributed by atoms with Crippen LogP contribution in [0.3, 0.4) is 0 Å². The number of ketones is 1. The summed E-state index contributed by atoms with van der Waals surface area (Å²) < 4.78 is 13.0. The number of carbonyl (C=O) groups is 1. The Bertz CT molecular complexity index is 869. The molecule has 0 heterocycles. The predicted octanol–water partition coefficient (Wildman–Crippen LogP) is 4.89. The molecule has 0 spiro atoms. The first-order valence-corrected chi connectivity index (χ1v) is 8.71. The molecule has 0 saturated carbocycles. The minimum Gasteiger partial charge on any atom is -0.506 e. The van der Waals surface area contributed by atoms with Gasteiger partial charge in [0, 0.05) is 12.3 Å². The number of nitrogens with two attached hydrogens (primary N) is 1. The lowest BCUT2D eigenvalue weighted by Gasteiger charge is -2.13. The van der Waals surface area contributed by atoms with E-state index in [1.165, 1.54) is 12.1 Å². The molecule has 0 unspecified atom stereocenters. The molecule has 4 heteroatoms. The van der Waals surface area contributed by atoms with Gasteiger partial charge in [0.05, 0.1) is 5.69 Å². The van der Waals surface area contributed by atoms with Crippen LogP contribution in [0, 0.1) is 5.92 Å². The highest BCUT2D eigenvalue weighted by Gasteiger charge is 2.17. The monoisotopic (exact) mass is 365 g/mol. The number of benzene rings is 2. The highest BCUT2D eigenvalue weighted by atomic mass is 19.1. The van der Waals surface area contributed by atoms with Crippen LogP contribution in [0.15, 0.2) is 78.9 Å². The van der Waals surface area contributed by atoms with Gasteiger partial charge >= 0.3 is 0 Å². The molecule has 0 bridgehead atoms. The lowest BCUT2D eigenvalue weighted by molar-refractivity contribution is -0.120. The van der Waals surface area contributed by atoms with Crippen LogP contribution >= 0.6 is 0 Å². The highest BCUT2D eigenvalue weighted by Crippen LogP contribution is 2.23. The second-order valence-electron chi connectivity index (χ2n) is 6.34. The van der Waals surface area contributed by atoms with Crippen LogP contribution in [0.5, 0.6) is 5.75 Å². The highest BCUT2D eigenvalue weighted by molar-refractivity contribution is 5.86. The van der Waals surface area contributed by atoms with Crippen molar-refractivity contribution in [2.75, 3.05) is 12.4 Å². The van der Waals surface area contributed by atoms with Crippen molar-refractivity contribution in [2.24, 2.45) is 5.92 Å². The fraction of sp³-hybridized carbons (Fsp3) is 0.174. The Morgan fingerprint density at radius 1 is 1.22 bits per heavy atom. The normalized spacial score (nSPS) is 12.9. The zero-order valence-corrected chi connectivity index (χ0v) is 15.4. The van der Waals surface area contributed by atoms with Crippen LogP contribution in [0.1, 0.15) is 18.1 Å². The van der Waals surface area contributed by atoms with E-state index in [4.69, 9.17) is 5.73 Å². The molecule has 2 rings (SSSR count). The summed E-state index contributed by atoms with van der Waals surface area (Å²) in [6.45, 7) is 5.12. The second-order valence-corrected chi connectivity index (χ2v) is 6.34. The molecule has 3 nitrogen and oxygen atoms in total. The summed E-state index contributed by atoms with van der Waals surface area (Å²) in [4.78, 5) is 12.6. The number of rotatable bonds is 8. The van der Waals surface area contributed by atoms with Gasteiger partial charge in [0.15, 0.2) is 0 Å². The fourth-order valence-electron chi connectivity index (χ4n) is 2.68. The molecule has 0 amide bonds. The van der Waals surface area contributed by atoms with Crippen LogP contribution in [0.2, 0.25) is 0 Å². The first-order valence-electron chi connectivity index (χ1n) is 8.71. The van der Waals surface area contributed by atoms with E-state index in [9.17, 15) is 14.3 Å². The Kier molecular flexibility index (Phi) is 7.12. The molecule has 0 aliphatic carbocycles. The molecule has 0 saturated heterocycles. The maximum atomic E-state index is 13.0. The summed E-state index contributed by atoms with van der Waals surface area (Å²) in [5, 5.41) is 9.48. The van der Waals surface area contributed by atoms with E-state index < -0.39 is 12.6 Å². The molecule has 0 fully saturated rings. The number of phenols is 1. The van der Waals surface area contributed by atoms with Crippen molar-refractivity contribution in [2.45, 2.75) is 13.3 Å². The molecule has 0 aliphatic heterocycles. The lowest BCUT2D eigenvalue weighted by atomic mass is 9.91. The van der Waals surface area contributed by atoms with Gasteiger partial charge in [-0.15, -0.1) is 0 Å². The van der Waals surface area contributed by atoms with Crippen molar-refractivity contribution in [3.05, 3.63) is 90.0 Å². The number of anilines is 1. The van der Waals surface area contributed by atoms with Crippen LogP contribution < -0.4 is 5.73 Å². The van der Waals surface area contributed by atoms with E-state index in [0.29, 0.717) is 11.1 Å². The Morgan fingerprint density at radius 2 is 1.93 bits per heavy atom. The number of carbonyl (C=O) groups excluding carboxylic acids is 1. The third-order valence-corrected chi connectivity index (χ3v) is 4.39. The first-order chi connectivity index (χ1) is 12.9. The van der Waals surface area contributed by atoms with E-state index >= 15 is 0 Å². The number of nitrogen functional groups attached to an aromatic ring is 1. The van der Waals surface area contributed by atoms with Gasteiger partial charge < -0.3 is 10.8 Å². The molecule has 0 radical (unpaired) electrons. The summed E-state index contributed by atoms with van der Waals surface area (Å²) in [6.07, 6.45) is 5.09. The number of hydrogen-bond acceptors (Lipinski definition) is 3. The maximum absolute atomic E-state index is 13.0. The SMILES string of the molecule is C=C(/C=C\C(=C/CF)[C@@H](C)C(=O)Cc1ccc(O)c(N)c1)c1ccccc1. The van der Waals surface area contributed by atoms with E-state index in [1.54, 1.807) is 31.2 Å². The number of halogens is 1. The Hall–Kier alpha value is -3.14. The van der Waals surface area contributed by atoms with Gasteiger partial charge in [-0.1, -0.05) is 62.1 Å². The van der Waals surface area contributed by atoms with Crippen molar-refractivity contribution in [3.63, 3.8) is 0 Å². The molecule has 3 N–H and O–H groups in total. The van der Waals surface area contributed by atoms with E-state index in [-0.39, 0.29) is 23.6 Å². The van der Waals surface area contributed by atoms with Gasteiger partial charge in [-0.2, -0.15) is 0 Å². The Balaban J connectivity index is 2.11. The summed E-state index contributed by atoms with van der Waals surface area (Å²) in [5.41, 5.74) is 8.96. The van der Waals surface area contributed by atoms with Crippen molar-refractivity contribution in [1.29, 1.82) is 0 Å². The second kappa shape index (κ2) is 9.53. The number of hydrogen-bond donors (Lipinski definition) is 2. The van der Waals surface area contributed by atoms with Gasteiger partial charge in [-0.05, 0) is 40.5 Å². The largest absolute Gasteiger partial charge is 0.506 e. The third kappa shape index (κ3) is 5.68. The molecular formula is C23H24FNO2. The van der Waals surface area contributed by atoms with Crippen LogP contribution in [0.4, 0.5) is 10.1 Å². The zero-order valence-electron chi connectivity index (χ0n) is 15.4. The minimum absolute atomic E-state index is 0.0142. The van der Waals surface area contributed by atoms with Crippen LogP contribution in [-0.4, -0.2) is 17.6 Å².